The van der Waals surface area contributed by atoms with E-state index >= 15 is 0 Å². The Kier molecular flexibility index (Phi) is 3.71. The van der Waals surface area contributed by atoms with Gasteiger partial charge in [-0.3, -0.25) is 4.79 Å². The number of benzene rings is 1. The number of fused-ring (bicyclic) bond motifs is 1. The van der Waals surface area contributed by atoms with Gasteiger partial charge in [-0.25, -0.2) is 9.50 Å². The van der Waals surface area contributed by atoms with Crippen LogP contribution in [0.2, 0.25) is 15.1 Å². The molecule has 0 aliphatic rings. The van der Waals surface area contributed by atoms with Crippen LogP contribution in [0.1, 0.15) is 10.5 Å². The maximum absolute atomic E-state index is 12.3. The Bertz CT molecular complexity index is 847. The lowest BCUT2D eigenvalue weighted by Gasteiger charge is -2.05. The smallest absolute Gasteiger partial charge is 0.277 e. The minimum Gasteiger partial charge on any atom is -0.319 e. The van der Waals surface area contributed by atoms with Gasteiger partial charge in [0.05, 0.1) is 10.7 Å². The van der Waals surface area contributed by atoms with Crippen molar-refractivity contribution in [3.05, 3.63) is 57.4 Å². The molecule has 3 rings (SSSR count). The first kappa shape index (κ1) is 14.1. The number of anilines is 1. The summed E-state index contributed by atoms with van der Waals surface area (Å²) in [7, 11) is 0. The second-order valence-corrected chi connectivity index (χ2v) is 5.35. The van der Waals surface area contributed by atoms with Crippen LogP contribution >= 0.6 is 34.8 Å². The fourth-order valence-corrected chi connectivity index (χ4v) is 2.49. The van der Waals surface area contributed by atoms with E-state index in [1.54, 1.807) is 30.6 Å². The fourth-order valence-electron chi connectivity index (χ4n) is 1.78. The Balaban J connectivity index is 1.95. The van der Waals surface area contributed by atoms with Crippen LogP contribution in [-0.2, 0) is 0 Å². The number of hydrogen-bond acceptors (Lipinski definition) is 3. The molecule has 2 aromatic heterocycles. The first-order valence-corrected chi connectivity index (χ1v) is 6.95. The third-order valence-corrected chi connectivity index (χ3v) is 3.63. The Labute approximate surface area is 134 Å². The van der Waals surface area contributed by atoms with Gasteiger partial charge in [-0.1, -0.05) is 34.8 Å². The van der Waals surface area contributed by atoms with Gasteiger partial charge in [-0.2, -0.15) is 5.10 Å². The van der Waals surface area contributed by atoms with E-state index in [9.17, 15) is 4.79 Å². The lowest BCUT2D eigenvalue weighted by atomic mass is 10.3. The summed E-state index contributed by atoms with van der Waals surface area (Å²) in [6, 6.07) is 6.44. The molecule has 0 atom stereocenters. The molecule has 106 valence electrons. The molecule has 1 N–H and O–H groups in total. The molecule has 0 saturated carbocycles. The number of aromatic nitrogens is 3. The molecule has 2 heterocycles. The Morgan fingerprint density at radius 1 is 1.24 bits per heavy atom. The van der Waals surface area contributed by atoms with E-state index < -0.39 is 5.91 Å². The topological polar surface area (TPSA) is 59.3 Å². The van der Waals surface area contributed by atoms with Crippen LogP contribution < -0.4 is 5.32 Å². The molecular formula is C13H7Cl3N4O. The van der Waals surface area contributed by atoms with E-state index in [0.29, 0.717) is 21.4 Å². The second-order valence-electron chi connectivity index (χ2n) is 4.13. The van der Waals surface area contributed by atoms with Crippen LogP contribution in [0.25, 0.3) is 5.65 Å². The predicted molar refractivity (Wildman–Crippen MR) is 82.4 cm³/mol. The summed E-state index contributed by atoms with van der Waals surface area (Å²) in [4.78, 5) is 16.3. The molecule has 0 bridgehead atoms. The molecule has 8 heteroatoms. The number of hydrogen-bond donors (Lipinski definition) is 1. The number of nitrogens with zero attached hydrogens (tertiary/aromatic N) is 3. The van der Waals surface area contributed by atoms with Gasteiger partial charge < -0.3 is 5.32 Å². The quantitative estimate of drug-likeness (QED) is 0.768. The van der Waals surface area contributed by atoms with Crippen LogP contribution in [0.3, 0.4) is 0 Å². The normalized spacial score (nSPS) is 10.8. The van der Waals surface area contributed by atoms with Gasteiger partial charge >= 0.3 is 0 Å². The van der Waals surface area contributed by atoms with Crippen molar-refractivity contribution in [2.24, 2.45) is 0 Å². The van der Waals surface area contributed by atoms with Crippen molar-refractivity contribution >= 4 is 52.0 Å². The molecule has 0 aliphatic heterocycles. The lowest BCUT2D eigenvalue weighted by molar-refractivity contribution is 0.102. The van der Waals surface area contributed by atoms with Crippen molar-refractivity contribution in [3.63, 3.8) is 0 Å². The SMILES string of the molecule is O=C(Nc1ccc(Cl)cc1Cl)c1nn2cccnc2c1Cl. The van der Waals surface area contributed by atoms with Gasteiger partial charge in [-0.05, 0) is 24.3 Å². The van der Waals surface area contributed by atoms with Crippen molar-refractivity contribution in [1.82, 2.24) is 14.6 Å². The maximum atomic E-state index is 12.3. The average Bonchev–Trinajstić information content (AvgIpc) is 2.80. The predicted octanol–water partition coefficient (Wildman–Crippen LogP) is 3.94. The Morgan fingerprint density at radius 3 is 2.76 bits per heavy atom. The van der Waals surface area contributed by atoms with Gasteiger partial charge in [0.1, 0.15) is 5.02 Å². The van der Waals surface area contributed by atoms with Gasteiger partial charge in [0.2, 0.25) is 0 Å². The van der Waals surface area contributed by atoms with E-state index in [1.807, 2.05) is 0 Å². The van der Waals surface area contributed by atoms with Crippen LogP contribution in [0, 0.1) is 0 Å². The minimum atomic E-state index is -0.477. The Hall–Kier alpha value is -1.82. The summed E-state index contributed by atoms with van der Waals surface area (Å²) in [5.41, 5.74) is 0.903. The van der Waals surface area contributed by atoms with Crippen molar-refractivity contribution in [2.75, 3.05) is 5.32 Å². The number of amides is 1. The van der Waals surface area contributed by atoms with E-state index in [-0.39, 0.29) is 10.7 Å². The molecule has 0 unspecified atom stereocenters. The van der Waals surface area contributed by atoms with Gasteiger partial charge in [0, 0.05) is 17.4 Å². The monoisotopic (exact) mass is 340 g/mol. The van der Waals surface area contributed by atoms with E-state index in [2.05, 4.69) is 15.4 Å². The molecule has 21 heavy (non-hydrogen) atoms. The summed E-state index contributed by atoms with van der Waals surface area (Å²) >= 11 is 17.9. The zero-order valence-electron chi connectivity index (χ0n) is 10.3. The first-order chi connectivity index (χ1) is 10.1. The highest BCUT2D eigenvalue weighted by Gasteiger charge is 2.19. The molecule has 0 aliphatic carbocycles. The van der Waals surface area contributed by atoms with E-state index in [4.69, 9.17) is 34.8 Å². The maximum Gasteiger partial charge on any atom is 0.277 e. The molecule has 1 aromatic carbocycles. The number of carbonyl (C=O) groups is 1. The molecule has 0 saturated heterocycles. The van der Waals surface area contributed by atoms with Crippen LogP contribution in [-0.4, -0.2) is 20.5 Å². The molecule has 3 aromatic rings. The van der Waals surface area contributed by atoms with E-state index in [0.717, 1.165) is 0 Å². The van der Waals surface area contributed by atoms with Crippen molar-refractivity contribution in [2.45, 2.75) is 0 Å². The third-order valence-electron chi connectivity index (χ3n) is 2.73. The summed E-state index contributed by atoms with van der Waals surface area (Å²) in [5, 5.41) is 7.72. The highest BCUT2D eigenvalue weighted by molar-refractivity contribution is 6.38. The number of carbonyl (C=O) groups excluding carboxylic acids is 1. The molecular weight excluding hydrogens is 335 g/mol. The molecule has 5 nitrogen and oxygen atoms in total. The van der Waals surface area contributed by atoms with Gasteiger partial charge in [0.25, 0.3) is 5.91 Å². The Morgan fingerprint density at radius 2 is 2.05 bits per heavy atom. The largest absolute Gasteiger partial charge is 0.319 e. The standard InChI is InChI=1S/C13H7Cl3N4O/c14-7-2-3-9(8(15)6-7)18-13(21)11-10(16)12-17-4-1-5-20(12)19-11/h1-6H,(H,18,21). The zero-order valence-corrected chi connectivity index (χ0v) is 12.6. The zero-order chi connectivity index (χ0) is 15.0. The first-order valence-electron chi connectivity index (χ1n) is 5.81. The average molecular weight is 342 g/mol. The van der Waals surface area contributed by atoms with Crippen LogP contribution in [0.4, 0.5) is 5.69 Å². The molecule has 0 fully saturated rings. The lowest BCUT2D eigenvalue weighted by Crippen LogP contribution is -2.13. The number of nitrogens with one attached hydrogen (secondary N) is 1. The number of halogens is 3. The second kappa shape index (κ2) is 5.52. The summed E-state index contributed by atoms with van der Waals surface area (Å²) in [6.07, 6.45) is 3.22. The molecule has 0 spiro atoms. The number of rotatable bonds is 2. The highest BCUT2D eigenvalue weighted by atomic mass is 35.5. The summed E-state index contributed by atoms with van der Waals surface area (Å²) < 4.78 is 1.43. The molecule has 1 amide bonds. The minimum absolute atomic E-state index is 0.0707. The van der Waals surface area contributed by atoms with Gasteiger partial charge in [-0.15, -0.1) is 0 Å². The fraction of sp³-hybridized carbons (Fsp3) is 0. The van der Waals surface area contributed by atoms with Crippen molar-refractivity contribution in [1.29, 1.82) is 0 Å². The van der Waals surface area contributed by atoms with E-state index in [1.165, 1.54) is 10.6 Å². The summed E-state index contributed by atoms with van der Waals surface area (Å²) in [5.74, 6) is -0.477. The van der Waals surface area contributed by atoms with Crippen molar-refractivity contribution in [3.8, 4) is 0 Å². The molecule has 0 radical (unpaired) electrons. The summed E-state index contributed by atoms with van der Waals surface area (Å²) in [6.45, 7) is 0. The van der Waals surface area contributed by atoms with Gasteiger partial charge in [0.15, 0.2) is 11.3 Å². The van der Waals surface area contributed by atoms with Crippen LogP contribution in [0.15, 0.2) is 36.7 Å². The third kappa shape index (κ3) is 2.68. The van der Waals surface area contributed by atoms with Crippen LogP contribution in [0.5, 0.6) is 0 Å². The van der Waals surface area contributed by atoms with Crippen molar-refractivity contribution < 1.29 is 4.79 Å². The highest BCUT2D eigenvalue weighted by Crippen LogP contribution is 2.27.